The van der Waals surface area contributed by atoms with Crippen LogP contribution in [0.4, 0.5) is 19.0 Å². The molecule has 0 fully saturated rings. The predicted molar refractivity (Wildman–Crippen MR) is 53.7 cm³/mol. The molecule has 0 bridgehead atoms. The number of aromatic nitrogens is 4. The Labute approximate surface area is 94.3 Å². The van der Waals surface area contributed by atoms with Crippen molar-refractivity contribution in [2.75, 3.05) is 12.4 Å². The van der Waals surface area contributed by atoms with Crippen molar-refractivity contribution < 1.29 is 13.2 Å². The number of halogens is 3. The van der Waals surface area contributed by atoms with Crippen molar-refractivity contribution in [3.05, 3.63) is 30.4 Å². The Balaban J connectivity index is 2.37. The fourth-order valence-corrected chi connectivity index (χ4v) is 1.18. The molecule has 0 aliphatic rings. The molecule has 5 nitrogen and oxygen atoms in total. The van der Waals surface area contributed by atoms with Crippen molar-refractivity contribution in [2.24, 2.45) is 0 Å². The van der Waals surface area contributed by atoms with E-state index in [1.807, 2.05) is 0 Å². The molecule has 0 aromatic carbocycles. The van der Waals surface area contributed by atoms with Gasteiger partial charge >= 0.3 is 6.18 Å². The number of hydrogen-bond donors (Lipinski definition) is 1. The first-order valence-corrected chi connectivity index (χ1v) is 4.63. The Bertz CT molecular complexity index is 519. The third kappa shape index (κ3) is 2.35. The molecular formula is C9H8F3N5. The van der Waals surface area contributed by atoms with Crippen LogP contribution < -0.4 is 5.32 Å². The number of nitrogens with zero attached hydrogens (tertiary/aromatic N) is 4. The van der Waals surface area contributed by atoms with Gasteiger partial charge in [-0.1, -0.05) is 0 Å². The molecule has 2 aromatic rings. The van der Waals surface area contributed by atoms with E-state index >= 15 is 0 Å². The van der Waals surface area contributed by atoms with Crippen LogP contribution in [0.5, 0.6) is 0 Å². The standard InChI is InChI=1S/C9H8F3N5/c1-13-7-3-14-4-8(16-7)17-5-6(2-15-17)9(10,11)12/h2-5H,1H3,(H,13,16). The van der Waals surface area contributed by atoms with Gasteiger partial charge in [-0.15, -0.1) is 0 Å². The molecule has 0 amide bonds. The fraction of sp³-hybridized carbons (Fsp3) is 0.222. The summed E-state index contributed by atoms with van der Waals surface area (Å²) in [5.41, 5.74) is -0.825. The minimum atomic E-state index is -4.41. The summed E-state index contributed by atoms with van der Waals surface area (Å²) in [4.78, 5) is 7.85. The summed E-state index contributed by atoms with van der Waals surface area (Å²) in [7, 11) is 1.64. The van der Waals surface area contributed by atoms with Crippen LogP contribution >= 0.6 is 0 Å². The topological polar surface area (TPSA) is 55.6 Å². The number of anilines is 1. The smallest absolute Gasteiger partial charge is 0.372 e. The van der Waals surface area contributed by atoms with E-state index in [1.54, 1.807) is 7.05 Å². The van der Waals surface area contributed by atoms with Crippen molar-refractivity contribution >= 4 is 5.82 Å². The van der Waals surface area contributed by atoms with Gasteiger partial charge in [0.2, 0.25) is 0 Å². The lowest BCUT2D eigenvalue weighted by atomic mass is 10.4. The number of nitrogens with one attached hydrogen (secondary N) is 1. The molecule has 0 spiro atoms. The van der Waals surface area contributed by atoms with Crippen LogP contribution in [0.25, 0.3) is 5.82 Å². The first-order chi connectivity index (χ1) is 8.00. The zero-order valence-electron chi connectivity index (χ0n) is 8.73. The Kier molecular flexibility index (Phi) is 2.70. The highest BCUT2D eigenvalue weighted by atomic mass is 19.4. The van der Waals surface area contributed by atoms with Crippen molar-refractivity contribution in [1.82, 2.24) is 19.7 Å². The second kappa shape index (κ2) is 4.04. The molecule has 0 radical (unpaired) electrons. The van der Waals surface area contributed by atoms with Gasteiger partial charge in [0.25, 0.3) is 0 Å². The fourth-order valence-electron chi connectivity index (χ4n) is 1.18. The normalized spacial score (nSPS) is 11.5. The first kappa shape index (κ1) is 11.4. The second-order valence-electron chi connectivity index (χ2n) is 3.18. The highest BCUT2D eigenvalue weighted by Gasteiger charge is 2.32. The molecule has 8 heteroatoms. The van der Waals surface area contributed by atoms with Crippen molar-refractivity contribution in [3.63, 3.8) is 0 Å². The second-order valence-corrected chi connectivity index (χ2v) is 3.18. The van der Waals surface area contributed by atoms with Crippen LogP contribution in [-0.4, -0.2) is 26.8 Å². The van der Waals surface area contributed by atoms with Gasteiger partial charge in [0.15, 0.2) is 5.82 Å². The highest BCUT2D eigenvalue weighted by Crippen LogP contribution is 2.28. The molecule has 90 valence electrons. The first-order valence-electron chi connectivity index (χ1n) is 4.63. The molecule has 0 saturated heterocycles. The largest absolute Gasteiger partial charge is 0.419 e. The summed E-state index contributed by atoms with van der Waals surface area (Å²) < 4.78 is 38.1. The average molecular weight is 243 g/mol. The summed E-state index contributed by atoms with van der Waals surface area (Å²) in [6.45, 7) is 0. The molecule has 0 aliphatic heterocycles. The summed E-state index contributed by atoms with van der Waals surface area (Å²) in [5, 5.41) is 6.33. The number of rotatable bonds is 2. The van der Waals surface area contributed by atoms with E-state index in [2.05, 4.69) is 20.4 Å². The van der Waals surface area contributed by atoms with Gasteiger partial charge in [0.05, 0.1) is 24.2 Å². The van der Waals surface area contributed by atoms with Gasteiger partial charge in [0.1, 0.15) is 5.82 Å². The van der Waals surface area contributed by atoms with Gasteiger partial charge in [-0.3, -0.25) is 4.98 Å². The molecule has 2 aromatic heterocycles. The molecule has 2 rings (SSSR count). The van der Waals surface area contributed by atoms with Gasteiger partial charge in [0, 0.05) is 13.2 Å². The van der Waals surface area contributed by atoms with Crippen LogP contribution in [0.3, 0.4) is 0 Å². The van der Waals surface area contributed by atoms with Crippen LogP contribution in [0, 0.1) is 0 Å². The van der Waals surface area contributed by atoms with Crippen molar-refractivity contribution in [1.29, 1.82) is 0 Å². The van der Waals surface area contributed by atoms with Gasteiger partial charge < -0.3 is 5.32 Å². The van der Waals surface area contributed by atoms with Gasteiger partial charge in [-0.25, -0.2) is 9.67 Å². The minimum absolute atomic E-state index is 0.215. The summed E-state index contributed by atoms with van der Waals surface area (Å²) in [6.07, 6.45) is -0.0187. The Morgan fingerprint density at radius 1 is 1.24 bits per heavy atom. The lowest BCUT2D eigenvalue weighted by Crippen LogP contribution is -2.04. The third-order valence-corrected chi connectivity index (χ3v) is 2.02. The Hall–Kier alpha value is -2.12. The van der Waals surface area contributed by atoms with E-state index in [9.17, 15) is 13.2 Å². The van der Waals surface area contributed by atoms with Crippen LogP contribution in [-0.2, 0) is 6.18 Å². The molecule has 0 aliphatic carbocycles. The zero-order valence-corrected chi connectivity index (χ0v) is 8.73. The third-order valence-electron chi connectivity index (χ3n) is 2.02. The van der Waals surface area contributed by atoms with Crippen LogP contribution in [0.2, 0.25) is 0 Å². The molecule has 2 heterocycles. The average Bonchev–Trinajstić information content (AvgIpc) is 2.78. The summed E-state index contributed by atoms with van der Waals surface area (Å²) >= 11 is 0. The maximum Gasteiger partial charge on any atom is 0.419 e. The zero-order chi connectivity index (χ0) is 12.5. The van der Waals surface area contributed by atoms with Crippen molar-refractivity contribution in [3.8, 4) is 5.82 Å². The lowest BCUT2D eigenvalue weighted by molar-refractivity contribution is -0.137. The molecular weight excluding hydrogens is 235 g/mol. The molecule has 1 N–H and O–H groups in total. The van der Waals surface area contributed by atoms with Crippen molar-refractivity contribution in [2.45, 2.75) is 6.18 Å². The quantitative estimate of drug-likeness (QED) is 0.872. The van der Waals surface area contributed by atoms with E-state index in [4.69, 9.17) is 0 Å². The van der Waals surface area contributed by atoms with E-state index in [0.29, 0.717) is 5.82 Å². The van der Waals surface area contributed by atoms with E-state index in [0.717, 1.165) is 17.1 Å². The maximum atomic E-state index is 12.4. The molecule has 0 unspecified atom stereocenters. The lowest BCUT2D eigenvalue weighted by Gasteiger charge is -2.03. The Morgan fingerprint density at radius 3 is 2.59 bits per heavy atom. The summed E-state index contributed by atoms with van der Waals surface area (Å²) in [6, 6.07) is 0. The van der Waals surface area contributed by atoms with Gasteiger partial charge in [-0.2, -0.15) is 18.3 Å². The molecule has 0 atom stereocenters. The van der Waals surface area contributed by atoms with Crippen LogP contribution in [0.1, 0.15) is 5.56 Å². The van der Waals surface area contributed by atoms with E-state index < -0.39 is 11.7 Å². The van der Waals surface area contributed by atoms with Crippen LogP contribution in [0.15, 0.2) is 24.8 Å². The molecule has 17 heavy (non-hydrogen) atoms. The SMILES string of the molecule is CNc1cncc(-n2cc(C(F)(F)F)cn2)n1. The minimum Gasteiger partial charge on any atom is -0.372 e. The Morgan fingerprint density at radius 2 is 2.00 bits per heavy atom. The summed E-state index contributed by atoms with van der Waals surface area (Å²) in [5.74, 6) is 0.666. The molecule has 0 saturated carbocycles. The van der Waals surface area contributed by atoms with E-state index in [1.165, 1.54) is 12.4 Å². The monoisotopic (exact) mass is 243 g/mol. The van der Waals surface area contributed by atoms with E-state index in [-0.39, 0.29) is 5.82 Å². The van der Waals surface area contributed by atoms with Gasteiger partial charge in [-0.05, 0) is 0 Å². The maximum absolute atomic E-state index is 12.4. The highest BCUT2D eigenvalue weighted by molar-refractivity contribution is 5.35. The number of hydrogen-bond acceptors (Lipinski definition) is 4. The predicted octanol–water partition coefficient (Wildman–Crippen LogP) is 1.72. The number of alkyl halides is 3.